The molecule has 16 heteroatoms. The Bertz CT molecular complexity index is 2460. The number of esters is 1. The Morgan fingerprint density at radius 2 is 1.47 bits per heavy atom. The van der Waals surface area contributed by atoms with Gasteiger partial charge in [-0.1, -0.05) is 25.5 Å². The quantitative estimate of drug-likeness (QED) is 0.147. The molecule has 5 N–H and O–H groups in total. The van der Waals surface area contributed by atoms with Crippen LogP contribution in [0.15, 0.2) is 63.5 Å². The first-order valence-corrected chi connectivity index (χ1v) is 24.0. The Balaban J connectivity index is 0.000000163. The third kappa shape index (κ3) is 7.34. The normalized spacial score (nSPS) is 39.7. The summed E-state index contributed by atoms with van der Waals surface area (Å²) in [5.41, 5.74) is 3.29. The smallest absolute Gasteiger partial charge is 0.335 e. The molecular formula is C52H64O16. The summed E-state index contributed by atoms with van der Waals surface area (Å²) in [5, 5.41) is 54.0. The van der Waals surface area contributed by atoms with Crippen molar-refractivity contribution in [1.29, 1.82) is 0 Å². The van der Waals surface area contributed by atoms with Crippen LogP contribution in [0.3, 0.4) is 0 Å². The van der Waals surface area contributed by atoms with Gasteiger partial charge in [0.2, 0.25) is 12.5 Å². The van der Waals surface area contributed by atoms with Gasteiger partial charge in [0.05, 0.1) is 64.0 Å². The lowest BCUT2D eigenvalue weighted by Gasteiger charge is -2.62. The number of benzene rings is 2. The van der Waals surface area contributed by atoms with Crippen molar-refractivity contribution in [2.45, 2.75) is 132 Å². The second kappa shape index (κ2) is 17.6. The lowest BCUT2D eigenvalue weighted by molar-refractivity contribution is -0.301. The van der Waals surface area contributed by atoms with Crippen molar-refractivity contribution in [3.63, 3.8) is 0 Å². The fraction of sp³-hybridized carbons (Fsp3) is 0.615. The summed E-state index contributed by atoms with van der Waals surface area (Å²) < 4.78 is 49.9. The van der Waals surface area contributed by atoms with Crippen LogP contribution in [-0.2, 0) is 19.0 Å². The number of allylic oxidation sites excluding steroid dienone is 1. The van der Waals surface area contributed by atoms with Crippen LogP contribution in [0.1, 0.15) is 112 Å². The first kappa shape index (κ1) is 47.0. The van der Waals surface area contributed by atoms with Crippen LogP contribution in [0.4, 0.5) is 0 Å². The number of hydrogen-bond donors (Lipinski definition) is 5. The fourth-order valence-electron chi connectivity index (χ4n) is 14.0. The fourth-order valence-corrected chi connectivity index (χ4v) is 14.0. The van der Waals surface area contributed by atoms with Crippen molar-refractivity contribution in [2.24, 2.45) is 34.5 Å². The third-order valence-corrected chi connectivity index (χ3v) is 17.7. The van der Waals surface area contributed by atoms with Crippen LogP contribution >= 0.6 is 0 Å². The van der Waals surface area contributed by atoms with E-state index in [-0.39, 0.29) is 65.6 Å². The second-order valence-electron chi connectivity index (χ2n) is 20.7. The lowest BCUT2D eigenvalue weighted by atomic mass is 9.45. The van der Waals surface area contributed by atoms with Crippen molar-refractivity contribution in [1.82, 2.24) is 0 Å². The molecule has 0 bridgehead atoms. The maximum atomic E-state index is 12.7. The van der Waals surface area contributed by atoms with E-state index >= 15 is 0 Å². The average Bonchev–Trinajstić information content (AvgIpc) is 4.04. The van der Waals surface area contributed by atoms with Gasteiger partial charge >= 0.3 is 11.6 Å². The molecule has 5 aliphatic carbocycles. The van der Waals surface area contributed by atoms with E-state index in [1.165, 1.54) is 18.7 Å². The molecule has 68 heavy (non-hydrogen) atoms. The van der Waals surface area contributed by atoms with Crippen LogP contribution in [-0.4, -0.2) is 109 Å². The van der Waals surface area contributed by atoms with Crippen molar-refractivity contribution >= 4 is 5.97 Å². The number of carbonyl (C=O) groups is 1. The largest absolute Gasteiger partial charge is 0.493 e. The zero-order valence-electron chi connectivity index (χ0n) is 39.4. The zero-order chi connectivity index (χ0) is 48.0. The topological polar surface area (TPSA) is 222 Å². The molecule has 4 heterocycles. The second-order valence-corrected chi connectivity index (χ2v) is 20.7. The van der Waals surface area contributed by atoms with E-state index in [9.17, 15) is 35.1 Å². The molecule has 368 valence electrons. The van der Waals surface area contributed by atoms with Gasteiger partial charge in [0.25, 0.3) is 0 Å². The Kier molecular flexibility index (Phi) is 12.2. The Morgan fingerprint density at radius 1 is 0.750 bits per heavy atom. The van der Waals surface area contributed by atoms with E-state index in [1.54, 1.807) is 33.5 Å². The van der Waals surface area contributed by atoms with Crippen LogP contribution < -0.4 is 29.3 Å². The first-order valence-electron chi connectivity index (χ1n) is 24.0. The molecule has 16 atom stereocenters. The SMILES string of the molecule is COc1cc([C@@H]2c3cc4c(cc3[C@H](O)[C@H]3COC(=O)[C@H]23)OCO4)cc(OC)c1OC.C[C@@H]1O[C@@H](O[C@@H]2C=C3CC[C@@H]4[C@H](CC[C@]5(C)[C@@H](c6ccc(=O)oc6)CC[C@]45O)[C@@]3(C)CC2)[C@H](O)[C@H](O)[C@H]1O. The highest BCUT2D eigenvalue weighted by atomic mass is 16.7. The molecule has 0 radical (unpaired) electrons. The maximum absolute atomic E-state index is 12.7. The molecule has 1 aromatic heterocycles. The van der Waals surface area contributed by atoms with Crippen molar-refractivity contribution < 1.29 is 72.6 Å². The number of rotatable bonds is 7. The zero-order valence-corrected chi connectivity index (χ0v) is 39.4. The molecule has 0 unspecified atom stereocenters. The van der Waals surface area contributed by atoms with Crippen LogP contribution in [0.2, 0.25) is 0 Å². The van der Waals surface area contributed by atoms with E-state index in [4.69, 9.17) is 42.3 Å². The van der Waals surface area contributed by atoms with E-state index in [0.717, 1.165) is 68.1 Å². The molecule has 16 nitrogen and oxygen atoms in total. The van der Waals surface area contributed by atoms with E-state index < -0.39 is 48.3 Å². The van der Waals surface area contributed by atoms with E-state index in [1.807, 2.05) is 24.3 Å². The van der Waals surface area contributed by atoms with Crippen LogP contribution in [0.25, 0.3) is 0 Å². The van der Waals surface area contributed by atoms with Gasteiger partial charge in [-0.2, -0.15) is 0 Å². The third-order valence-electron chi connectivity index (χ3n) is 17.7. The van der Waals surface area contributed by atoms with Gasteiger partial charge in [0.15, 0.2) is 29.3 Å². The van der Waals surface area contributed by atoms with Gasteiger partial charge in [-0.3, -0.25) is 4.79 Å². The van der Waals surface area contributed by atoms with Crippen LogP contribution in [0.5, 0.6) is 28.7 Å². The summed E-state index contributed by atoms with van der Waals surface area (Å²) in [5.74, 6) is 1.75. The van der Waals surface area contributed by atoms with E-state index in [0.29, 0.717) is 40.2 Å². The lowest BCUT2D eigenvalue weighted by Crippen LogP contribution is -2.60. The predicted molar refractivity (Wildman–Crippen MR) is 242 cm³/mol. The highest BCUT2D eigenvalue weighted by Gasteiger charge is 2.67. The minimum Gasteiger partial charge on any atom is -0.493 e. The number of ether oxygens (including phenoxy) is 8. The molecule has 2 saturated heterocycles. The molecule has 2 aromatic carbocycles. The molecule has 8 aliphatic rings. The number of aliphatic hydroxyl groups is 5. The summed E-state index contributed by atoms with van der Waals surface area (Å²) in [6.07, 6.45) is 4.47. The highest BCUT2D eigenvalue weighted by molar-refractivity contribution is 5.79. The maximum Gasteiger partial charge on any atom is 0.335 e. The monoisotopic (exact) mass is 944 g/mol. The number of carbonyl (C=O) groups excluding carboxylic acids is 1. The van der Waals surface area contributed by atoms with Gasteiger partial charge in [-0.15, -0.1) is 0 Å². The molecule has 0 spiro atoms. The van der Waals surface area contributed by atoms with Crippen LogP contribution in [0, 0.1) is 34.5 Å². The number of hydrogen-bond acceptors (Lipinski definition) is 16. The Labute approximate surface area is 395 Å². The number of aliphatic hydroxyl groups excluding tert-OH is 4. The Hall–Kier alpha value is -4.68. The number of methoxy groups -OCH3 is 3. The summed E-state index contributed by atoms with van der Waals surface area (Å²) in [6.45, 7) is 6.55. The van der Waals surface area contributed by atoms with Crippen molar-refractivity contribution in [2.75, 3.05) is 34.7 Å². The van der Waals surface area contributed by atoms with E-state index in [2.05, 4.69) is 19.9 Å². The summed E-state index contributed by atoms with van der Waals surface area (Å²) >= 11 is 0. The predicted octanol–water partition coefficient (Wildman–Crippen LogP) is 5.42. The van der Waals surface area contributed by atoms with Gasteiger partial charge in [0, 0.05) is 23.3 Å². The summed E-state index contributed by atoms with van der Waals surface area (Å²) in [4.78, 5) is 24.3. The summed E-state index contributed by atoms with van der Waals surface area (Å²) in [7, 11) is 4.63. The summed E-state index contributed by atoms with van der Waals surface area (Å²) in [6, 6.07) is 10.7. The van der Waals surface area contributed by atoms with Gasteiger partial charge < -0.3 is 67.8 Å². The van der Waals surface area contributed by atoms with Crippen molar-refractivity contribution in [3.8, 4) is 28.7 Å². The van der Waals surface area contributed by atoms with Gasteiger partial charge in [0.1, 0.15) is 18.3 Å². The molecule has 11 rings (SSSR count). The number of cyclic esters (lactones) is 1. The van der Waals surface area contributed by atoms with Gasteiger partial charge in [-0.05, 0) is 134 Å². The molecule has 3 saturated carbocycles. The Morgan fingerprint density at radius 3 is 2.15 bits per heavy atom. The van der Waals surface area contributed by atoms with Crippen molar-refractivity contribution in [3.05, 3.63) is 87.0 Å². The molecular weight excluding hydrogens is 881 g/mol. The number of fused-ring (bicyclic) bond motifs is 8. The highest BCUT2D eigenvalue weighted by Crippen LogP contribution is 2.70. The van der Waals surface area contributed by atoms with Gasteiger partial charge in [-0.25, -0.2) is 4.79 Å². The standard InChI is InChI=1S/C30H42O8.C22H22O8/c1-16-24(32)25(33)26(34)27(37-16)38-19-8-11-28(2)18(14-19)5-6-22-21(28)9-12-29(3)20(10-13-30(22,29)35)17-4-7-23(31)36-15-17;1-25-16-4-10(5-17(26-2)21(16)27-3)18-11-6-14-15(30-9-29-14)7-12(11)20(23)13-8-28-22(24)19(13)18/h4,7,14-16,19-22,24-27,32-35H,5-6,8-13H2,1-3H3;4-7,13,18-20,23H,8-9H2,1-3H3/t16-,19-,20+,21-,22+,24-,25+,26+,27-,28-,29+,30-;13-,18+,19-,20-/m00/s1. The first-order chi connectivity index (χ1) is 32.5. The molecule has 3 aliphatic heterocycles. The minimum atomic E-state index is -1.31. The molecule has 0 amide bonds. The minimum absolute atomic E-state index is 0.0213. The molecule has 3 aromatic rings. The average molecular weight is 945 g/mol. The molecule has 5 fully saturated rings.